The van der Waals surface area contributed by atoms with E-state index in [4.69, 9.17) is 0 Å². The highest BCUT2D eigenvalue weighted by Crippen LogP contribution is 2.20. The number of hydrogen-bond acceptors (Lipinski definition) is 3. The minimum atomic E-state index is 0.0241. The van der Waals surface area contributed by atoms with E-state index in [2.05, 4.69) is 12.2 Å². The molecular weight excluding hydrogens is 240 g/mol. The Morgan fingerprint density at radius 1 is 1.42 bits per heavy atom. The number of hydrogen-bond donors (Lipinski definition) is 1. The molecule has 1 aromatic rings. The van der Waals surface area contributed by atoms with Crippen molar-refractivity contribution in [3.63, 3.8) is 0 Å². The van der Waals surface area contributed by atoms with Crippen molar-refractivity contribution in [1.82, 2.24) is 5.32 Å². The van der Waals surface area contributed by atoms with Crippen molar-refractivity contribution >= 4 is 17.4 Å². The largest absolute Gasteiger partial charge is 0.316 e. The quantitative estimate of drug-likeness (QED) is 0.826. The average molecular weight is 260 g/mol. The maximum absolute atomic E-state index is 12.2. The third-order valence-corrected chi connectivity index (χ3v) is 3.37. The molecule has 0 radical (unpaired) electrons. The lowest BCUT2D eigenvalue weighted by atomic mass is 10.1. The van der Waals surface area contributed by atoms with Gasteiger partial charge in [-0.3, -0.25) is 9.59 Å². The van der Waals surface area contributed by atoms with Crippen LogP contribution in [-0.4, -0.2) is 31.3 Å². The van der Waals surface area contributed by atoms with Crippen LogP contribution in [0.15, 0.2) is 24.3 Å². The number of carbonyl (C=O) groups excluding carboxylic acids is 2. The third-order valence-electron chi connectivity index (χ3n) is 3.37. The molecule has 19 heavy (non-hydrogen) atoms. The molecule has 0 bridgehead atoms. The van der Waals surface area contributed by atoms with Gasteiger partial charge in [0.2, 0.25) is 5.91 Å². The maximum Gasteiger partial charge on any atom is 0.228 e. The average Bonchev–Trinajstić information content (AvgIpc) is 2.39. The fourth-order valence-electron chi connectivity index (χ4n) is 2.30. The number of rotatable bonds is 2. The normalized spacial score (nSPS) is 20.8. The maximum atomic E-state index is 12.2. The summed E-state index contributed by atoms with van der Waals surface area (Å²) < 4.78 is 0. The van der Waals surface area contributed by atoms with Gasteiger partial charge in [-0.25, -0.2) is 0 Å². The SMILES string of the molecule is CC(=O)c1cccc(N2CC(C)CNCCC2=O)c1. The Labute approximate surface area is 113 Å². The van der Waals surface area contributed by atoms with Crippen molar-refractivity contribution in [2.75, 3.05) is 24.5 Å². The predicted molar refractivity (Wildman–Crippen MR) is 75.5 cm³/mol. The summed E-state index contributed by atoms with van der Waals surface area (Å²) in [6.45, 7) is 5.98. The Bertz CT molecular complexity index is 485. The molecule has 1 atom stereocenters. The van der Waals surface area contributed by atoms with Crippen LogP contribution < -0.4 is 10.2 Å². The summed E-state index contributed by atoms with van der Waals surface area (Å²) in [5.74, 6) is 0.529. The smallest absolute Gasteiger partial charge is 0.228 e. The van der Waals surface area contributed by atoms with E-state index >= 15 is 0 Å². The van der Waals surface area contributed by atoms with Gasteiger partial charge in [0.15, 0.2) is 5.78 Å². The van der Waals surface area contributed by atoms with E-state index in [1.54, 1.807) is 17.9 Å². The van der Waals surface area contributed by atoms with E-state index in [1.165, 1.54) is 0 Å². The zero-order valence-electron chi connectivity index (χ0n) is 11.5. The molecule has 1 heterocycles. The standard InChI is InChI=1S/C15H20N2O2/c1-11-9-16-7-6-15(19)17(10-11)14-5-3-4-13(8-14)12(2)18/h3-5,8,11,16H,6-7,9-10H2,1-2H3. The highest BCUT2D eigenvalue weighted by Gasteiger charge is 2.21. The first-order valence-electron chi connectivity index (χ1n) is 6.70. The summed E-state index contributed by atoms with van der Waals surface area (Å²) >= 11 is 0. The van der Waals surface area contributed by atoms with E-state index < -0.39 is 0 Å². The second kappa shape index (κ2) is 5.97. The molecule has 1 aliphatic rings. The number of Topliss-reactive ketones (excluding diaryl/α,β-unsaturated/α-hetero) is 1. The molecule has 0 saturated carbocycles. The van der Waals surface area contributed by atoms with Crippen LogP contribution in [0.1, 0.15) is 30.6 Å². The molecule has 0 spiro atoms. The van der Waals surface area contributed by atoms with Gasteiger partial charge in [-0.1, -0.05) is 19.1 Å². The first-order chi connectivity index (χ1) is 9.08. The molecular formula is C15H20N2O2. The molecule has 2 rings (SSSR count). The summed E-state index contributed by atoms with van der Waals surface area (Å²) in [5, 5.41) is 3.27. The molecule has 0 aromatic heterocycles. The van der Waals surface area contributed by atoms with Crippen molar-refractivity contribution in [3.8, 4) is 0 Å². The van der Waals surface area contributed by atoms with E-state index in [0.717, 1.165) is 12.2 Å². The number of nitrogens with zero attached hydrogens (tertiary/aromatic N) is 1. The molecule has 4 heteroatoms. The molecule has 1 amide bonds. The van der Waals surface area contributed by atoms with Gasteiger partial charge in [-0.2, -0.15) is 0 Å². The summed E-state index contributed by atoms with van der Waals surface area (Å²) in [7, 11) is 0. The van der Waals surface area contributed by atoms with Crippen molar-refractivity contribution < 1.29 is 9.59 Å². The van der Waals surface area contributed by atoms with Crippen LogP contribution in [0.5, 0.6) is 0 Å². The minimum absolute atomic E-state index is 0.0241. The van der Waals surface area contributed by atoms with Crippen LogP contribution >= 0.6 is 0 Å². The van der Waals surface area contributed by atoms with Crippen LogP contribution in [0.4, 0.5) is 5.69 Å². The lowest BCUT2D eigenvalue weighted by molar-refractivity contribution is -0.118. The fourth-order valence-corrected chi connectivity index (χ4v) is 2.30. The number of amides is 1. The molecule has 102 valence electrons. The van der Waals surface area contributed by atoms with Crippen LogP contribution in [0.2, 0.25) is 0 Å². The number of nitrogens with one attached hydrogen (secondary N) is 1. The first kappa shape index (κ1) is 13.7. The monoisotopic (exact) mass is 260 g/mol. The second-order valence-corrected chi connectivity index (χ2v) is 5.17. The summed E-state index contributed by atoms with van der Waals surface area (Å²) in [6.07, 6.45) is 0.497. The van der Waals surface area contributed by atoms with E-state index in [1.807, 2.05) is 18.2 Å². The number of anilines is 1. The van der Waals surface area contributed by atoms with Crippen LogP contribution in [0.25, 0.3) is 0 Å². The molecule has 1 N–H and O–H groups in total. The fraction of sp³-hybridized carbons (Fsp3) is 0.467. The zero-order valence-corrected chi connectivity index (χ0v) is 11.5. The highest BCUT2D eigenvalue weighted by atomic mass is 16.2. The molecule has 1 fully saturated rings. The molecule has 1 aromatic carbocycles. The molecule has 1 unspecified atom stereocenters. The van der Waals surface area contributed by atoms with E-state index in [9.17, 15) is 9.59 Å². The summed E-state index contributed by atoms with van der Waals surface area (Å²) in [4.78, 5) is 25.4. The van der Waals surface area contributed by atoms with Crippen molar-refractivity contribution in [3.05, 3.63) is 29.8 Å². The van der Waals surface area contributed by atoms with Crippen molar-refractivity contribution in [2.45, 2.75) is 20.3 Å². The Balaban J connectivity index is 2.28. The van der Waals surface area contributed by atoms with Crippen LogP contribution in [0.3, 0.4) is 0 Å². The van der Waals surface area contributed by atoms with Gasteiger partial charge in [-0.15, -0.1) is 0 Å². The highest BCUT2D eigenvalue weighted by molar-refractivity contribution is 5.98. The topological polar surface area (TPSA) is 49.4 Å². The predicted octanol–water partition coefficient (Wildman–Crippen LogP) is 1.85. The lowest BCUT2D eigenvalue weighted by Crippen LogP contribution is -2.42. The van der Waals surface area contributed by atoms with Gasteiger partial charge >= 0.3 is 0 Å². The lowest BCUT2D eigenvalue weighted by Gasteiger charge is -2.29. The summed E-state index contributed by atoms with van der Waals surface area (Å²) in [6, 6.07) is 7.32. The third kappa shape index (κ3) is 3.41. The Morgan fingerprint density at radius 3 is 2.95 bits per heavy atom. The first-order valence-corrected chi connectivity index (χ1v) is 6.70. The van der Waals surface area contributed by atoms with Gasteiger partial charge in [0.1, 0.15) is 0 Å². The van der Waals surface area contributed by atoms with Crippen molar-refractivity contribution in [1.29, 1.82) is 0 Å². The summed E-state index contributed by atoms with van der Waals surface area (Å²) in [5.41, 5.74) is 1.48. The Hall–Kier alpha value is -1.68. The van der Waals surface area contributed by atoms with Crippen LogP contribution in [0, 0.1) is 5.92 Å². The van der Waals surface area contributed by atoms with Gasteiger partial charge in [0.25, 0.3) is 0 Å². The van der Waals surface area contributed by atoms with Gasteiger partial charge in [-0.05, 0) is 31.5 Å². The zero-order chi connectivity index (χ0) is 13.8. The number of ketones is 1. The van der Waals surface area contributed by atoms with Gasteiger partial charge in [0, 0.05) is 30.8 Å². The van der Waals surface area contributed by atoms with E-state index in [-0.39, 0.29) is 11.7 Å². The van der Waals surface area contributed by atoms with Gasteiger partial charge in [0.05, 0.1) is 0 Å². The molecule has 4 nitrogen and oxygen atoms in total. The minimum Gasteiger partial charge on any atom is -0.316 e. The molecule has 1 aliphatic heterocycles. The van der Waals surface area contributed by atoms with Crippen molar-refractivity contribution in [2.24, 2.45) is 5.92 Å². The molecule has 0 aliphatic carbocycles. The van der Waals surface area contributed by atoms with Gasteiger partial charge < -0.3 is 10.2 Å². The Morgan fingerprint density at radius 2 is 2.21 bits per heavy atom. The van der Waals surface area contributed by atoms with E-state index in [0.29, 0.717) is 31.0 Å². The van der Waals surface area contributed by atoms with Crippen LogP contribution in [-0.2, 0) is 4.79 Å². The second-order valence-electron chi connectivity index (χ2n) is 5.17. The Kier molecular flexibility index (Phi) is 4.32. The molecule has 1 saturated heterocycles. The number of carbonyl (C=O) groups is 2. The number of benzene rings is 1.